The van der Waals surface area contributed by atoms with Crippen molar-refractivity contribution >= 4 is 29.0 Å². The molecule has 0 saturated heterocycles. The van der Waals surface area contributed by atoms with E-state index in [1.807, 2.05) is 6.26 Å². The molecule has 0 fully saturated rings. The van der Waals surface area contributed by atoms with Crippen LogP contribution in [-0.4, -0.2) is 15.6 Å². The summed E-state index contributed by atoms with van der Waals surface area (Å²) < 4.78 is 1.45. The van der Waals surface area contributed by atoms with E-state index >= 15 is 0 Å². The van der Waals surface area contributed by atoms with Gasteiger partial charge in [-0.25, -0.2) is 4.98 Å². The van der Waals surface area contributed by atoms with Gasteiger partial charge in [-0.05, 0) is 18.4 Å². The monoisotopic (exact) mass is 240 g/mol. The van der Waals surface area contributed by atoms with Crippen LogP contribution < -0.4 is 5.56 Å². The van der Waals surface area contributed by atoms with Crippen molar-refractivity contribution in [2.24, 2.45) is 0 Å². The summed E-state index contributed by atoms with van der Waals surface area (Å²) in [5, 5.41) is 0.531. The standard InChI is InChI=1S/C10H9ClN2OS/c1-15-6-8-4-10(14)13-5-7(11)2-3-9(13)12-8/h2-5H,6H2,1H3. The van der Waals surface area contributed by atoms with E-state index in [1.54, 1.807) is 36.2 Å². The van der Waals surface area contributed by atoms with Gasteiger partial charge in [0.15, 0.2) is 0 Å². The highest BCUT2D eigenvalue weighted by Gasteiger charge is 2.01. The van der Waals surface area contributed by atoms with E-state index in [4.69, 9.17) is 11.6 Å². The highest BCUT2D eigenvalue weighted by molar-refractivity contribution is 7.97. The first kappa shape index (κ1) is 10.5. The Hall–Kier alpha value is -1.00. The first-order valence-electron chi connectivity index (χ1n) is 4.37. The molecule has 78 valence electrons. The maximum atomic E-state index is 11.7. The van der Waals surface area contributed by atoms with Crippen LogP contribution in [0.15, 0.2) is 29.2 Å². The molecule has 0 aliphatic rings. The topological polar surface area (TPSA) is 34.4 Å². The maximum Gasteiger partial charge on any atom is 0.258 e. The van der Waals surface area contributed by atoms with E-state index in [9.17, 15) is 4.79 Å². The molecule has 0 bridgehead atoms. The number of hydrogen-bond donors (Lipinski definition) is 0. The van der Waals surface area contributed by atoms with E-state index in [0.717, 1.165) is 11.4 Å². The number of hydrogen-bond acceptors (Lipinski definition) is 3. The predicted octanol–water partition coefficient (Wildman–Crippen LogP) is 2.21. The molecular formula is C10H9ClN2OS. The van der Waals surface area contributed by atoms with Crippen LogP contribution in [0.1, 0.15) is 5.69 Å². The van der Waals surface area contributed by atoms with Crippen LogP contribution in [0.4, 0.5) is 0 Å². The smallest absolute Gasteiger partial charge is 0.258 e. The van der Waals surface area contributed by atoms with Gasteiger partial charge in [-0.3, -0.25) is 9.20 Å². The number of rotatable bonds is 2. The molecular weight excluding hydrogens is 232 g/mol. The third-order valence-corrected chi connectivity index (χ3v) is 2.78. The fraction of sp³-hybridized carbons (Fsp3) is 0.200. The van der Waals surface area contributed by atoms with Crippen molar-refractivity contribution in [1.82, 2.24) is 9.38 Å². The Balaban J connectivity index is 2.67. The lowest BCUT2D eigenvalue weighted by Crippen LogP contribution is -2.14. The zero-order valence-electron chi connectivity index (χ0n) is 8.11. The molecule has 0 spiro atoms. The van der Waals surface area contributed by atoms with E-state index in [0.29, 0.717) is 10.7 Å². The van der Waals surface area contributed by atoms with E-state index in [2.05, 4.69) is 4.98 Å². The molecule has 2 heterocycles. The van der Waals surface area contributed by atoms with Crippen LogP contribution in [0, 0.1) is 0 Å². The molecule has 0 radical (unpaired) electrons. The summed E-state index contributed by atoms with van der Waals surface area (Å²) in [6, 6.07) is 5.01. The van der Waals surface area contributed by atoms with Gasteiger partial charge in [-0.2, -0.15) is 11.8 Å². The van der Waals surface area contributed by atoms with Crippen LogP contribution >= 0.6 is 23.4 Å². The van der Waals surface area contributed by atoms with Gasteiger partial charge in [0.25, 0.3) is 5.56 Å². The lowest BCUT2D eigenvalue weighted by molar-refractivity contribution is 1.01. The Morgan fingerprint density at radius 2 is 2.33 bits per heavy atom. The van der Waals surface area contributed by atoms with Crippen molar-refractivity contribution in [3.05, 3.63) is 45.5 Å². The van der Waals surface area contributed by atoms with Crippen molar-refractivity contribution in [2.75, 3.05) is 6.26 Å². The molecule has 15 heavy (non-hydrogen) atoms. The van der Waals surface area contributed by atoms with Gasteiger partial charge in [0.2, 0.25) is 0 Å². The second kappa shape index (κ2) is 4.24. The molecule has 0 aliphatic heterocycles. The van der Waals surface area contributed by atoms with Crippen LogP contribution in [0.5, 0.6) is 0 Å². The highest BCUT2D eigenvalue weighted by Crippen LogP contribution is 2.10. The van der Waals surface area contributed by atoms with Crippen LogP contribution in [0.25, 0.3) is 5.65 Å². The quantitative estimate of drug-likeness (QED) is 0.807. The number of halogens is 1. The van der Waals surface area contributed by atoms with Crippen molar-refractivity contribution in [2.45, 2.75) is 5.75 Å². The highest BCUT2D eigenvalue weighted by atomic mass is 35.5. The first-order chi connectivity index (χ1) is 7.20. The Kier molecular flexibility index (Phi) is 2.98. The number of aromatic nitrogens is 2. The van der Waals surface area contributed by atoms with Crippen molar-refractivity contribution in [1.29, 1.82) is 0 Å². The molecule has 0 aliphatic carbocycles. The summed E-state index contributed by atoms with van der Waals surface area (Å²) in [6.45, 7) is 0. The number of thioether (sulfide) groups is 1. The minimum Gasteiger partial charge on any atom is -0.269 e. The third-order valence-electron chi connectivity index (χ3n) is 1.97. The fourth-order valence-corrected chi connectivity index (χ4v) is 1.95. The molecule has 0 unspecified atom stereocenters. The predicted molar refractivity (Wildman–Crippen MR) is 63.7 cm³/mol. The molecule has 5 heteroatoms. The second-order valence-electron chi connectivity index (χ2n) is 3.09. The summed E-state index contributed by atoms with van der Waals surface area (Å²) in [5.41, 5.74) is 1.34. The SMILES string of the molecule is CSCc1cc(=O)n2cc(Cl)ccc2n1. The van der Waals surface area contributed by atoms with Crippen molar-refractivity contribution < 1.29 is 0 Å². The Morgan fingerprint density at radius 1 is 1.53 bits per heavy atom. The molecule has 0 atom stereocenters. The van der Waals surface area contributed by atoms with E-state index in [1.165, 1.54) is 4.40 Å². The summed E-state index contributed by atoms with van der Waals surface area (Å²) in [7, 11) is 0. The molecule has 0 amide bonds. The third kappa shape index (κ3) is 2.16. The average molecular weight is 241 g/mol. The zero-order chi connectivity index (χ0) is 10.8. The molecule has 2 aromatic heterocycles. The lowest BCUT2D eigenvalue weighted by Gasteiger charge is -2.02. The molecule has 2 rings (SSSR count). The van der Waals surface area contributed by atoms with Gasteiger partial charge in [0.1, 0.15) is 5.65 Å². The van der Waals surface area contributed by atoms with Crippen molar-refractivity contribution in [3.63, 3.8) is 0 Å². The van der Waals surface area contributed by atoms with Gasteiger partial charge in [-0.1, -0.05) is 11.6 Å². The minimum absolute atomic E-state index is 0.0912. The maximum absolute atomic E-state index is 11.7. The molecule has 0 aromatic carbocycles. The van der Waals surface area contributed by atoms with Gasteiger partial charge < -0.3 is 0 Å². The fourth-order valence-electron chi connectivity index (χ4n) is 1.35. The summed E-state index contributed by atoms with van der Waals surface area (Å²) in [5.74, 6) is 0.744. The van der Waals surface area contributed by atoms with Crippen LogP contribution in [0.3, 0.4) is 0 Å². The van der Waals surface area contributed by atoms with Crippen LogP contribution in [0.2, 0.25) is 5.02 Å². The molecule has 0 N–H and O–H groups in total. The molecule has 2 aromatic rings. The Bertz CT molecular complexity index is 553. The minimum atomic E-state index is -0.0912. The largest absolute Gasteiger partial charge is 0.269 e. The molecule has 0 saturated carbocycles. The number of nitrogens with zero attached hydrogens (tertiary/aromatic N) is 2. The summed E-state index contributed by atoms with van der Waals surface area (Å²) in [6.07, 6.45) is 3.56. The van der Waals surface area contributed by atoms with E-state index in [-0.39, 0.29) is 5.56 Å². The second-order valence-corrected chi connectivity index (χ2v) is 4.40. The van der Waals surface area contributed by atoms with Crippen LogP contribution in [-0.2, 0) is 5.75 Å². The zero-order valence-corrected chi connectivity index (χ0v) is 9.68. The van der Waals surface area contributed by atoms with Gasteiger partial charge in [0, 0.05) is 18.0 Å². The number of pyridine rings is 1. The van der Waals surface area contributed by atoms with Crippen molar-refractivity contribution in [3.8, 4) is 0 Å². The normalized spacial score (nSPS) is 10.8. The molecule has 3 nitrogen and oxygen atoms in total. The average Bonchev–Trinajstić information content (AvgIpc) is 2.20. The Labute approximate surface area is 96.1 Å². The first-order valence-corrected chi connectivity index (χ1v) is 6.14. The van der Waals surface area contributed by atoms with Gasteiger partial charge >= 0.3 is 0 Å². The number of fused-ring (bicyclic) bond motifs is 1. The lowest BCUT2D eigenvalue weighted by atomic mass is 10.4. The summed E-state index contributed by atoms with van der Waals surface area (Å²) in [4.78, 5) is 16.0. The van der Waals surface area contributed by atoms with Gasteiger partial charge in [-0.15, -0.1) is 0 Å². The van der Waals surface area contributed by atoms with Gasteiger partial charge in [0.05, 0.1) is 10.7 Å². The summed E-state index contributed by atoms with van der Waals surface area (Å²) >= 11 is 7.44. The van der Waals surface area contributed by atoms with E-state index < -0.39 is 0 Å². The Morgan fingerprint density at radius 3 is 3.07 bits per heavy atom.